The van der Waals surface area contributed by atoms with Crippen LogP contribution < -0.4 is 5.32 Å². The highest BCUT2D eigenvalue weighted by Crippen LogP contribution is 2.27. The van der Waals surface area contributed by atoms with Gasteiger partial charge in [-0.05, 0) is 38.5 Å². The number of carboxylic acids is 1. The summed E-state index contributed by atoms with van der Waals surface area (Å²) >= 11 is 0. The van der Waals surface area contributed by atoms with E-state index in [-0.39, 0.29) is 5.92 Å². The molecule has 4 atom stereocenters. The number of nitrogens with one attached hydrogen (secondary N) is 1. The van der Waals surface area contributed by atoms with Crippen LogP contribution in [-0.4, -0.2) is 36.4 Å². The summed E-state index contributed by atoms with van der Waals surface area (Å²) < 4.78 is 5.36. The Labute approximate surface area is 103 Å². The van der Waals surface area contributed by atoms with Crippen molar-refractivity contribution in [2.24, 2.45) is 5.92 Å². The number of hydrogen-bond acceptors (Lipinski definition) is 3. The molecule has 17 heavy (non-hydrogen) atoms. The number of ether oxygens (including phenoxy) is 1. The van der Waals surface area contributed by atoms with Crippen molar-refractivity contribution in [1.29, 1.82) is 0 Å². The van der Waals surface area contributed by atoms with Crippen molar-refractivity contribution in [3.63, 3.8) is 0 Å². The van der Waals surface area contributed by atoms with E-state index in [1.807, 2.05) is 0 Å². The van der Waals surface area contributed by atoms with Crippen molar-refractivity contribution in [3.8, 4) is 0 Å². The summed E-state index contributed by atoms with van der Waals surface area (Å²) in [6.45, 7) is 0. The van der Waals surface area contributed by atoms with E-state index >= 15 is 0 Å². The molecule has 2 rings (SSSR count). The van der Waals surface area contributed by atoms with Crippen LogP contribution in [0.1, 0.15) is 44.9 Å². The predicted molar refractivity (Wildman–Crippen MR) is 65.0 cm³/mol. The van der Waals surface area contributed by atoms with Crippen LogP contribution in [0.4, 0.5) is 0 Å². The molecule has 98 valence electrons. The van der Waals surface area contributed by atoms with Crippen LogP contribution in [0.3, 0.4) is 0 Å². The summed E-state index contributed by atoms with van der Waals surface area (Å²) in [5.41, 5.74) is 0. The molecule has 4 nitrogen and oxygen atoms in total. The fraction of sp³-hybridized carbons (Fsp3) is 0.923. The van der Waals surface area contributed by atoms with Gasteiger partial charge in [0.1, 0.15) is 0 Å². The first-order chi connectivity index (χ1) is 8.19. The topological polar surface area (TPSA) is 58.6 Å². The molecule has 2 aliphatic rings. The van der Waals surface area contributed by atoms with Gasteiger partial charge in [0.15, 0.2) is 0 Å². The Hall–Kier alpha value is -0.610. The number of rotatable bonds is 4. The average molecular weight is 241 g/mol. The van der Waals surface area contributed by atoms with Crippen LogP contribution >= 0.6 is 0 Å². The zero-order chi connectivity index (χ0) is 12.3. The van der Waals surface area contributed by atoms with E-state index in [9.17, 15) is 4.79 Å². The Kier molecular flexibility index (Phi) is 4.40. The number of hydrogen-bond donors (Lipinski definition) is 2. The fourth-order valence-electron chi connectivity index (χ4n) is 3.20. The monoisotopic (exact) mass is 241 g/mol. The minimum absolute atomic E-state index is 0.138. The van der Waals surface area contributed by atoms with Crippen molar-refractivity contribution in [3.05, 3.63) is 0 Å². The second-order valence-corrected chi connectivity index (χ2v) is 5.43. The molecule has 2 saturated carbocycles. The number of methoxy groups -OCH3 is 1. The van der Waals surface area contributed by atoms with E-state index in [0.29, 0.717) is 18.2 Å². The van der Waals surface area contributed by atoms with Gasteiger partial charge in [-0.3, -0.25) is 4.79 Å². The summed E-state index contributed by atoms with van der Waals surface area (Å²) in [6, 6.07) is 0.919. The van der Waals surface area contributed by atoms with Crippen LogP contribution in [0.2, 0.25) is 0 Å². The zero-order valence-corrected chi connectivity index (χ0v) is 10.5. The summed E-state index contributed by atoms with van der Waals surface area (Å²) in [4.78, 5) is 11.0. The smallest absolute Gasteiger partial charge is 0.306 e. The maximum atomic E-state index is 11.0. The maximum absolute atomic E-state index is 11.0. The van der Waals surface area contributed by atoms with Crippen molar-refractivity contribution in [2.75, 3.05) is 7.11 Å². The molecule has 0 radical (unpaired) electrons. The molecule has 0 aromatic carbocycles. The lowest BCUT2D eigenvalue weighted by molar-refractivity contribution is -0.143. The summed E-state index contributed by atoms with van der Waals surface area (Å²) in [6.07, 6.45) is 7.56. The molecule has 4 heteroatoms. The lowest BCUT2D eigenvalue weighted by atomic mass is 9.85. The molecule has 0 saturated heterocycles. The molecule has 0 heterocycles. The molecule has 0 aromatic rings. The van der Waals surface area contributed by atoms with Gasteiger partial charge >= 0.3 is 5.97 Å². The van der Waals surface area contributed by atoms with Gasteiger partial charge in [-0.1, -0.05) is 6.42 Å². The van der Waals surface area contributed by atoms with E-state index in [2.05, 4.69) is 5.32 Å². The zero-order valence-electron chi connectivity index (χ0n) is 10.5. The second-order valence-electron chi connectivity index (χ2n) is 5.43. The highest BCUT2D eigenvalue weighted by molar-refractivity contribution is 5.70. The van der Waals surface area contributed by atoms with Gasteiger partial charge in [0, 0.05) is 19.2 Å². The first-order valence-electron chi connectivity index (χ1n) is 6.70. The molecule has 2 N–H and O–H groups in total. The van der Waals surface area contributed by atoms with Crippen LogP contribution in [0.5, 0.6) is 0 Å². The van der Waals surface area contributed by atoms with Gasteiger partial charge in [0.2, 0.25) is 0 Å². The molecule has 0 bridgehead atoms. The number of aliphatic carboxylic acids is 1. The lowest BCUT2D eigenvalue weighted by Crippen LogP contribution is -2.41. The molecule has 0 aliphatic heterocycles. The van der Waals surface area contributed by atoms with Gasteiger partial charge in [0.05, 0.1) is 12.0 Å². The Morgan fingerprint density at radius 2 is 1.94 bits per heavy atom. The molecule has 0 amide bonds. The van der Waals surface area contributed by atoms with Crippen molar-refractivity contribution < 1.29 is 14.6 Å². The first kappa shape index (κ1) is 12.8. The van der Waals surface area contributed by atoms with Gasteiger partial charge in [-0.25, -0.2) is 0 Å². The molecular weight excluding hydrogens is 218 g/mol. The van der Waals surface area contributed by atoms with Crippen LogP contribution in [0, 0.1) is 5.92 Å². The van der Waals surface area contributed by atoms with Gasteiger partial charge in [-0.15, -0.1) is 0 Å². The number of carbonyl (C=O) groups is 1. The van der Waals surface area contributed by atoms with E-state index in [1.54, 1.807) is 7.11 Å². The van der Waals surface area contributed by atoms with E-state index in [0.717, 1.165) is 44.9 Å². The quantitative estimate of drug-likeness (QED) is 0.788. The van der Waals surface area contributed by atoms with Crippen LogP contribution in [-0.2, 0) is 9.53 Å². The minimum Gasteiger partial charge on any atom is -0.481 e. The van der Waals surface area contributed by atoms with Gasteiger partial charge < -0.3 is 15.2 Å². The van der Waals surface area contributed by atoms with Crippen molar-refractivity contribution >= 4 is 5.97 Å². The SMILES string of the molecule is COC1CCC(NC2CCCC(C(=O)O)C2)C1. The summed E-state index contributed by atoms with van der Waals surface area (Å²) in [7, 11) is 1.77. The molecule has 0 spiro atoms. The van der Waals surface area contributed by atoms with Crippen LogP contribution in [0.15, 0.2) is 0 Å². The van der Waals surface area contributed by atoms with Gasteiger partial charge in [-0.2, -0.15) is 0 Å². The highest BCUT2D eigenvalue weighted by Gasteiger charge is 2.30. The third-order valence-electron chi connectivity index (χ3n) is 4.21. The first-order valence-corrected chi connectivity index (χ1v) is 6.70. The summed E-state index contributed by atoms with van der Waals surface area (Å²) in [5.74, 6) is -0.765. The Morgan fingerprint density at radius 1 is 1.18 bits per heavy atom. The second kappa shape index (κ2) is 5.83. The molecular formula is C13H23NO3. The molecule has 4 unspecified atom stereocenters. The molecule has 2 fully saturated rings. The third-order valence-corrected chi connectivity index (χ3v) is 4.21. The van der Waals surface area contributed by atoms with E-state index in [1.165, 1.54) is 0 Å². The van der Waals surface area contributed by atoms with Gasteiger partial charge in [0.25, 0.3) is 0 Å². The normalized spacial score (nSPS) is 38.2. The Bertz CT molecular complexity index is 269. The number of carboxylic acid groups (broad SMARTS) is 1. The van der Waals surface area contributed by atoms with Crippen LogP contribution in [0.25, 0.3) is 0 Å². The fourth-order valence-corrected chi connectivity index (χ4v) is 3.20. The van der Waals surface area contributed by atoms with E-state index in [4.69, 9.17) is 9.84 Å². The standard InChI is InChI=1S/C13H23NO3/c1-17-12-6-5-11(8-12)14-10-4-2-3-9(7-10)13(15)16/h9-12,14H,2-8H2,1H3,(H,15,16). The maximum Gasteiger partial charge on any atom is 0.306 e. The highest BCUT2D eigenvalue weighted by atomic mass is 16.5. The van der Waals surface area contributed by atoms with Crippen molar-refractivity contribution in [2.45, 2.75) is 63.1 Å². The largest absolute Gasteiger partial charge is 0.481 e. The van der Waals surface area contributed by atoms with E-state index < -0.39 is 5.97 Å². The predicted octanol–water partition coefficient (Wildman–Crippen LogP) is 1.79. The minimum atomic E-state index is -0.627. The van der Waals surface area contributed by atoms with Crippen molar-refractivity contribution in [1.82, 2.24) is 5.32 Å². The Morgan fingerprint density at radius 3 is 2.59 bits per heavy atom. The average Bonchev–Trinajstić information content (AvgIpc) is 2.77. The lowest BCUT2D eigenvalue weighted by Gasteiger charge is -2.30. The molecule has 0 aromatic heterocycles. The Balaban J connectivity index is 1.77. The third kappa shape index (κ3) is 3.42. The molecule has 2 aliphatic carbocycles. The summed E-state index contributed by atoms with van der Waals surface area (Å²) in [5, 5.41) is 12.7.